The van der Waals surface area contributed by atoms with E-state index in [1.807, 2.05) is 6.92 Å². The number of ether oxygens (including phenoxy) is 3. The van der Waals surface area contributed by atoms with Crippen molar-refractivity contribution in [2.75, 3.05) is 14.2 Å². The largest absolute Gasteiger partial charge is 0.508 e. The number of aromatic hydroxyl groups is 1. The number of allylic oxidation sites excluding steroid dienone is 2. The van der Waals surface area contributed by atoms with Crippen molar-refractivity contribution in [3.63, 3.8) is 0 Å². The third-order valence-corrected chi connectivity index (χ3v) is 5.59. The molecule has 0 fully saturated rings. The summed E-state index contributed by atoms with van der Waals surface area (Å²) in [7, 11) is 2.31. The molecule has 0 bridgehead atoms. The number of methoxy groups -OCH3 is 2. The minimum absolute atomic E-state index is 0.0198. The van der Waals surface area contributed by atoms with Crippen LogP contribution in [0.1, 0.15) is 31.9 Å². The number of rotatable bonds is 6. The van der Waals surface area contributed by atoms with Gasteiger partial charge in [-0.2, -0.15) is 0 Å². The zero-order chi connectivity index (χ0) is 25.2. The van der Waals surface area contributed by atoms with Crippen molar-refractivity contribution in [2.24, 2.45) is 5.92 Å². The van der Waals surface area contributed by atoms with Gasteiger partial charge in [0.2, 0.25) is 0 Å². The molecule has 10 nitrogen and oxygen atoms in total. The van der Waals surface area contributed by atoms with Gasteiger partial charge in [-0.05, 0) is 31.9 Å². The van der Waals surface area contributed by atoms with E-state index in [2.05, 4.69) is 5.32 Å². The van der Waals surface area contributed by atoms with Gasteiger partial charge in [-0.1, -0.05) is 6.92 Å². The summed E-state index contributed by atoms with van der Waals surface area (Å²) in [6.07, 6.45) is 0.522. The average molecular weight is 471 g/mol. The molecule has 0 unspecified atom stereocenters. The molecule has 2 heterocycles. The highest BCUT2D eigenvalue weighted by Gasteiger charge is 2.42. The lowest BCUT2D eigenvalue weighted by Gasteiger charge is -2.28. The molecular weight excluding hydrogens is 446 g/mol. The van der Waals surface area contributed by atoms with Gasteiger partial charge in [-0.3, -0.25) is 4.79 Å². The fraction of sp³-hybridized carbons (Fsp3) is 0.333. The van der Waals surface area contributed by atoms with Crippen molar-refractivity contribution >= 4 is 28.9 Å². The minimum atomic E-state index is -1.40. The molecule has 0 atom stereocenters. The van der Waals surface area contributed by atoms with Crippen LogP contribution >= 0.6 is 0 Å². The van der Waals surface area contributed by atoms with E-state index in [0.29, 0.717) is 34.3 Å². The van der Waals surface area contributed by atoms with Crippen molar-refractivity contribution in [3.05, 3.63) is 62.3 Å². The first kappa shape index (κ1) is 24.6. The topological polar surface area (TPSA) is 141 Å². The van der Waals surface area contributed by atoms with Crippen LogP contribution in [0.25, 0.3) is 11.0 Å². The normalized spacial score (nSPS) is 14.1. The number of dihydropyridines is 1. The van der Waals surface area contributed by atoms with Crippen molar-refractivity contribution in [3.8, 4) is 5.75 Å². The summed E-state index contributed by atoms with van der Waals surface area (Å²) in [5, 5.41) is 13.5. The summed E-state index contributed by atoms with van der Waals surface area (Å²) < 4.78 is 20.3. The third-order valence-electron chi connectivity index (χ3n) is 5.59. The minimum Gasteiger partial charge on any atom is -0.508 e. The zero-order valence-electron chi connectivity index (χ0n) is 19.4. The molecule has 1 aromatic carbocycles. The predicted molar refractivity (Wildman–Crippen MR) is 119 cm³/mol. The number of hydrogen-bond donors (Lipinski definition) is 2. The second-order valence-corrected chi connectivity index (χ2v) is 7.65. The Balaban J connectivity index is 2.02. The van der Waals surface area contributed by atoms with Gasteiger partial charge >= 0.3 is 23.5 Å². The number of fused-ring (bicyclic) bond motifs is 1. The van der Waals surface area contributed by atoms with Gasteiger partial charge in [-0.25, -0.2) is 14.4 Å². The summed E-state index contributed by atoms with van der Waals surface area (Å²) >= 11 is 0. The molecule has 0 saturated carbocycles. The van der Waals surface area contributed by atoms with Crippen LogP contribution in [0.3, 0.4) is 0 Å². The summed E-state index contributed by atoms with van der Waals surface area (Å²) in [6, 6.07) is 4.16. The zero-order valence-corrected chi connectivity index (χ0v) is 19.4. The van der Waals surface area contributed by atoms with Crippen LogP contribution in [-0.2, 0) is 41.6 Å². The van der Waals surface area contributed by atoms with Gasteiger partial charge in [0, 0.05) is 34.5 Å². The Morgan fingerprint density at radius 3 is 2.12 bits per heavy atom. The van der Waals surface area contributed by atoms with Crippen LogP contribution in [0.5, 0.6) is 5.75 Å². The van der Waals surface area contributed by atoms with E-state index in [1.54, 1.807) is 19.9 Å². The number of carbonyl (C=O) groups excluding carboxylic acids is 3. The maximum Gasteiger partial charge on any atom is 0.336 e. The molecule has 0 saturated heterocycles. The number of benzene rings is 1. The predicted octanol–water partition coefficient (Wildman–Crippen LogP) is 2.22. The highest BCUT2D eigenvalue weighted by Crippen LogP contribution is 2.33. The third kappa shape index (κ3) is 4.52. The van der Waals surface area contributed by atoms with Crippen molar-refractivity contribution in [1.82, 2.24) is 5.32 Å². The maximum atomic E-state index is 13.2. The molecular formula is C24H25NO9. The van der Waals surface area contributed by atoms with Crippen LogP contribution in [0.15, 0.2) is 50.0 Å². The molecule has 0 radical (unpaired) electrons. The van der Waals surface area contributed by atoms with Crippen LogP contribution in [-0.4, -0.2) is 37.2 Å². The Kier molecular flexibility index (Phi) is 7.09. The fourth-order valence-electron chi connectivity index (χ4n) is 3.93. The Hall–Kier alpha value is -4.08. The Morgan fingerprint density at radius 2 is 1.59 bits per heavy atom. The summed E-state index contributed by atoms with van der Waals surface area (Å²) in [6.45, 7) is 4.64. The van der Waals surface area contributed by atoms with E-state index < -0.39 is 29.5 Å². The standard InChI is InChI=1S/C24H25NO9/c1-6-13-7-15-14(8-18(27)34-17(15)9-16(13)26)10-33-24(30)21-19(22(28)31-4)11(2)25-12(3)20(21)23(29)32-5/h7-9,21,25-26H,6,10H2,1-5H3. The molecule has 2 aromatic rings. The first-order valence-electron chi connectivity index (χ1n) is 10.4. The average Bonchev–Trinajstić information content (AvgIpc) is 2.80. The van der Waals surface area contributed by atoms with Gasteiger partial charge in [0.1, 0.15) is 23.9 Å². The number of esters is 3. The van der Waals surface area contributed by atoms with E-state index in [9.17, 15) is 24.3 Å². The second kappa shape index (κ2) is 9.82. The molecule has 0 spiro atoms. The van der Waals surface area contributed by atoms with Crippen molar-refractivity contribution in [1.29, 1.82) is 0 Å². The van der Waals surface area contributed by atoms with E-state index >= 15 is 0 Å². The van der Waals surface area contributed by atoms with Crippen molar-refractivity contribution < 1.29 is 38.1 Å². The maximum absolute atomic E-state index is 13.2. The number of aryl methyl sites for hydroxylation is 1. The number of hydrogen-bond acceptors (Lipinski definition) is 10. The molecule has 0 amide bonds. The number of phenols is 1. The molecule has 180 valence electrons. The molecule has 1 aliphatic rings. The molecule has 1 aliphatic heterocycles. The lowest BCUT2D eigenvalue weighted by atomic mass is 9.85. The van der Waals surface area contributed by atoms with E-state index in [4.69, 9.17) is 18.6 Å². The second-order valence-electron chi connectivity index (χ2n) is 7.65. The molecule has 10 heteroatoms. The first-order chi connectivity index (χ1) is 16.1. The highest BCUT2D eigenvalue weighted by atomic mass is 16.5. The Morgan fingerprint density at radius 1 is 1.00 bits per heavy atom. The van der Waals surface area contributed by atoms with Crippen LogP contribution in [0.2, 0.25) is 0 Å². The summed E-state index contributed by atoms with van der Waals surface area (Å²) in [5.41, 5.74) is 0.867. The fourth-order valence-corrected chi connectivity index (χ4v) is 3.93. The number of nitrogens with one attached hydrogen (secondary N) is 1. The molecule has 0 aliphatic carbocycles. The van der Waals surface area contributed by atoms with Gasteiger partial charge in [0.05, 0.1) is 25.4 Å². The summed E-state index contributed by atoms with van der Waals surface area (Å²) in [4.78, 5) is 50.2. The van der Waals surface area contributed by atoms with Gasteiger partial charge in [0.25, 0.3) is 0 Å². The van der Waals surface area contributed by atoms with Crippen LogP contribution in [0.4, 0.5) is 0 Å². The van der Waals surface area contributed by atoms with E-state index in [1.165, 1.54) is 12.1 Å². The lowest BCUT2D eigenvalue weighted by Crippen LogP contribution is -2.37. The van der Waals surface area contributed by atoms with Crippen molar-refractivity contribution in [2.45, 2.75) is 33.8 Å². The monoisotopic (exact) mass is 471 g/mol. The highest BCUT2D eigenvalue weighted by molar-refractivity contribution is 6.05. The summed E-state index contributed by atoms with van der Waals surface area (Å²) in [5.74, 6) is -3.95. The molecule has 3 rings (SSSR count). The number of phenolic OH excluding ortho intramolecular Hbond substituents is 1. The lowest BCUT2D eigenvalue weighted by molar-refractivity contribution is -0.152. The number of carbonyl (C=O) groups is 3. The van der Waals surface area contributed by atoms with E-state index in [-0.39, 0.29) is 29.1 Å². The Bertz CT molecular complexity index is 1260. The molecule has 34 heavy (non-hydrogen) atoms. The quantitative estimate of drug-likeness (QED) is 0.366. The Labute approximate surface area is 194 Å². The van der Waals surface area contributed by atoms with E-state index in [0.717, 1.165) is 14.2 Å². The van der Waals surface area contributed by atoms with Gasteiger partial charge < -0.3 is 29.1 Å². The van der Waals surface area contributed by atoms with Gasteiger partial charge in [0.15, 0.2) is 0 Å². The molecule has 2 N–H and O–H groups in total. The van der Waals surface area contributed by atoms with Crippen LogP contribution in [0, 0.1) is 5.92 Å². The smallest absolute Gasteiger partial charge is 0.336 e. The van der Waals surface area contributed by atoms with Gasteiger partial charge in [-0.15, -0.1) is 0 Å². The SMILES string of the molecule is CCc1cc2c(COC(=O)C3C(C(=O)OC)=C(C)NC(C)=C3C(=O)OC)cc(=O)oc2cc1O. The van der Waals surface area contributed by atoms with Crippen LogP contribution < -0.4 is 10.9 Å². The molecule has 1 aromatic heterocycles. The first-order valence-corrected chi connectivity index (χ1v) is 10.4.